The second kappa shape index (κ2) is 7.19. The van der Waals surface area contributed by atoms with Crippen LogP contribution in [0.25, 0.3) is 0 Å². The second-order valence-electron chi connectivity index (χ2n) is 6.37. The number of benzene rings is 2. The molecule has 0 aromatic heterocycles. The SMILES string of the molecule is Cc1cccc(CNC(=O)C2CC2C(=O)Nc2ccc(F)c(F)c2F)c1. The number of rotatable bonds is 5. The maximum Gasteiger partial charge on any atom is 0.228 e. The Morgan fingerprint density at radius 1 is 1.04 bits per heavy atom. The van der Waals surface area contributed by atoms with Crippen LogP contribution < -0.4 is 10.6 Å². The average molecular weight is 362 g/mol. The van der Waals surface area contributed by atoms with E-state index in [9.17, 15) is 22.8 Å². The van der Waals surface area contributed by atoms with Crippen molar-refractivity contribution in [3.63, 3.8) is 0 Å². The fraction of sp³-hybridized carbons (Fsp3) is 0.263. The number of hydrogen-bond donors (Lipinski definition) is 2. The minimum atomic E-state index is -1.65. The van der Waals surface area contributed by atoms with Gasteiger partial charge in [-0.15, -0.1) is 0 Å². The van der Waals surface area contributed by atoms with E-state index in [0.717, 1.165) is 23.3 Å². The molecule has 1 fully saturated rings. The van der Waals surface area contributed by atoms with Crippen LogP contribution in [0, 0.1) is 36.2 Å². The first-order valence-corrected chi connectivity index (χ1v) is 8.14. The number of carbonyl (C=O) groups excluding carboxylic acids is 2. The second-order valence-corrected chi connectivity index (χ2v) is 6.37. The van der Waals surface area contributed by atoms with Crippen molar-refractivity contribution in [3.8, 4) is 0 Å². The standard InChI is InChI=1S/C19H17F3N2O2/c1-10-3-2-4-11(7-10)9-23-18(25)12-8-13(12)19(26)24-15-6-5-14(20)16(21)17(15)22/h2-7,12-13H,8-9H2,1H3,(H,23,25)(H,24,26). The molecule has 2 N–H and O–H groups in total. The molecule has 0 aliphatic heterocycles. The topological polar surface area (TPSA) is 58.2 Å². The van der Waals surface area contributed by atoms with Gasteiger partial charge in [-0.1, -0.05) is 29.8 Å². The molecule has 1 aliphatic carbocycles. The Hall–Kier alpha value is -2.83. The molecule has 0 spiro atoms. The van der Waals surface area contributed by atoms with Crippen molar-refractivity contribution < 1.29 is 22.8 Å². The molecule has 0 bridgehead atoms. The summed E-state index contributed by atoms with van der Waals surface area (Å²) < 4.78 is 39.7. The lowest BCUT2D eigenvalue weighted by Crippen LogP contribution is -2.27. The smallest absolute Gasteiger partial charge is 0.228 e. The highest BCUT2D eigenvalue weighted by Gasteiger charge is 2.48. The van der Waals surface area contributed by atoms with Crippen molar-refractivity contribution in [2.24, 2.45) is 11.8 Å². The van der Waals surface area contributed by atoms with E-state index in [4.69, 9.17) is 0 Å². The Bertz CT molecular complexity index is 870. The molecule has 1 saturated carbocycles. The lowest BCUT2D eigenvalue weighted by atomic mass is 10.1. The highest BCUT2D eigenvalue weighted by molar-refractivity contribution is 5.99. The minimum absolute atomic E-state index is 0.266. The summed E-state index contributed by atoms with van der Waals surface area (Å²) in [7, 11) is 0. The van der Waals surface area contributed by atoms with Crippen LogP contribution in [-0.2, 0) is 16.1 Å². The molecule has 2 amide bonds. The number of nitrogens with one attached hydrogen (secondary N) is 2. The Morgan fingerprint density at radius 2 is 1.77 bits per heavy atom. The van der Waals surface area contributed by atoms with Gasteiger partial charge in [0.15, 0.2) is 17.5 Å². The predicted octanol–water partition coefficient (Wildman–Crippen LogP) is 3.30. The molecule has 0 heterocycles. The normalized spacial score (nSPS) is 18.3. The first-order valence-electron chi connectivity index (χ1n) is 8.14. The summed E-state index contributed by atoms with van der Waals surface area (Å²) in [5, 5.41) is 4.97. The molecule has 2 unspecified atom stereocenters. The first-order chi connectivity index (χ1) is 12.4. The first kappa shape index (κ1) is 18.0. The van der Waals surface area contributed by atoms with Gasteiger partial charge >= 0.3 is 0 Å². The van der Waals surface area contributed by atoms with Gasteiger partial charge < -0.3 is 10.6 Å². The van der Waals surface area contributed by atoms with E-state index in [2.05, 4.69) is 10.6 Å². The molecule has 0 radical (unpaired) electrons. The quantitative estimate of drug-likeness (QED) is 0.802. The Kier molecular flexibility index (Phi) is 4.97. The van der Waals surface area contributed by atoms with Gasteiger partial charge in [-0.05, 0) is 31.0 Å². The van der Waals surface area contributed by atoms with Gasteiger partial charge in [0.05, 0.1) is 17.5 Å². The van der Waals surface area contributed by atoms with E-state index in [0.29, 0.717) is 13.0 Å². The largest absolute Gasteiger partial charge is 0.352 e. The Balaban J connectivity index is 1.54. The fourth-order valence-corrected chi connectivity index (χ4v) is 2.76. The molecule has 2 aromatic rings. The lowest BCUT2D eigenvalue weighted by molar-refractivity contribution is -0.125. The van der Waals surface area contributed by atoms with Crippen molar-refractivity contribution in [2.45, 2.75) is 19.9 Å². The lowest BCUT2D eigenvalue weighted by Gasteiger charge is -2.08. The van der Waals surface area contributed by atoms with Crippen molar-refractivity contribution in [1.29, 1.82) is 0 Å². The Morgan fingerprint density at radius 3 is 2.50 bits per heavy atom. The summed E-state index contributed by atoms with van der Waals surface area (Å²) in [6.07, 6.45) is 0.330. The van der Waals surface area contributed by atoms with E-state index in [-0.39, 0.29) is 5.91 Å². The zero-order chi connectivity index (χ0) is 18.8. The monoisotopic (exact) mass is 362 g/mol. The van der Waals surface area contributed by atoms with Crippen LogP contribution in [0.15, 0.2) is 36.4 Å². The maximum atomic E-state index is 13.6. The molecule has 3 rings (SSSR count). The van der Waals surface area contributed by atoms with Crippen LogP contribution in [0.3, 0.4) is 0 Å². The zero-order valence-electron chi connectivity index (χ0n) is 14.0. The third kappa shape index (κ3) is 3.87. The van der Waals surface area contributed by atoms with Gasteiger partial charge in [0.1, 0.15) is 0 Å². The van der Waals surface area contributed by atoms with Crippen LogP contribution in [0.5, 0.6) is 0 Å². The molecule has 4 nitrogen and oxygen atoms in total. The minimum Gasteiger partial charge on any atom is -0.352 e. The van der Waals surface area contributed by atoms with Gasteiger partial charge in [0.25, 0.3) is 0 Å². The number of aryl methyl sites for hydroxylation is 1. The number of hydrogen-bond acceptors (Lipinski definition) is 2. The summed E-state index contributed by atoms with van der Waals surface area (Å²) in [5.74, 6) is -6.41. The summed E-state index contributed by atoms with van der Waals surface area (Å²) >= 11 is 0. The van der Waals surface area contributed by atoms with Gasteiger partial charge in [0.2, 0.25) is 11.8 Å². The van der Waals surface area contributed by atoms with E-state index in [1.54, 1.807) is 0 Å². The van der Waals surface area contributed by atoms with Gasteiger partial charge in [-0.25, -0.2) is 13.2 Å². The third-order valence-corrected chi connectivity index (χ3v) is 4.31. The zero-order valence-corrected chi connectivity index (χ0v) is 14.0. The van der Waals surface area contributed by atoms with Gasteiger partial charge in [-0.3, -0.25) is 9.59 Å². The summed E-state index contributed by atoms with van der Waals surface area (Å²) in [5.41, 5.74) is 1.58. The highest BCUT2D eigenvalue weighted by Crippen LogP contribution is 2.39. The molecular formula is C19H17F3N2O2. The van der Waals surface area contributed by atoms with Crippen LogP contribution in [-0.4, -0.2) is 11.8 Å². The third-order valence-electron chi connectivity index (χ3n) is 4.31. The summed E-state index contributed by atoms with van der Waals surface area (Å²) in [6, 6.07) is 9.35. The number of anilines is 1. The van der Waals surface area contributed by atoms with Crippen molar-refractivity contribution in [1.82, 2.24) is 5.32 Å². The van der Waals surface area contributed by atoms with Gasteiger partial charge in [-0.2, -0.15) is 0 Å². The molecule has 0 saturated heterocycles. The molecule has 136 valence electrons. The van der Waals surface area contributed by atoms with Crippen molar-refractivity contribution >= 4 is 17.5 Å². The van der Waals surface area contributed by atoms with E-state index in [1.807, 2.05) is 31.2 Å². The molecule has 2 atom stereocenters. The van der Waals surface area contributed by atoms with Crippen LogP contribution in [0.2, 0.25) is 0 Å². The molecular weight excluding hydrogens is 345 g/mol. The van der Waals surface area contributed by atoms with E-state index in [1.165, 1.54) is 0 Å². The van der Waals surface area contributed by atoms with Crippen LogP contribution in [0.1, 0.15) is 17.5 Å². The maximum absolute atomic E-state index is 13.6. The van der Waals surface area contributed by atoms with E-state index >= 15 is 0 Å². The van der Waals surface area contributed by atoms with E-state index < -0.39 is 40.9 Å². The van der Waals surface area contributed by atoms with Crippen molar-refractivity contribution in [3.05, 3.63) is 65.0 Å². The van der Waals surface area contributed by atoms with Crippen LogP contribution >= 0.6 is 0 Å². The fourth-order valence-electron chi connectivity index (χ4n) is 2.76. The molecule has 7 heteroatoms. The molecule has 2 aromatic carbocycles. The number of halogens is 3. The molecule has 1 aliphatic rings. The summed E-state index contributed by atoms with van der Waals surface area (Å²) in [4.78, 5) is 24.2. The highest BCUT2D eigenvalue weighted by atomic mass is 19.2. The predicted molar refractivity (Wildman–Crippen MR) is 89.6 cm³/mol. The molecule has 26 heavy (non-hydrogen) atoms. The Labute approximate surface area is 148 Å². The van der Waals surface area contributed by atoms with Crippen molar-refractivity contribution in [2.75, 3.05) is 5.32 Å². The van der Waals surface area contributed by atoms with Gasteiger partial charge in [0, 0.05) is 6.54 Å². The number of amides is 2. The van der Waals surface area contributed by atoms with Crippen LogP contribution in [0.4, 0.5) is 18.9 Å². The number of carbonyl (C=O) groups is 2. The summed E-state index contributed by atoms with van der Waals surface area (Å²) in [6.45, 7) is 2.30. The average Bonchev–Trinajstić information content (AvgIpc) is 3.41.